The van der Waals surface area contributed by atoms with Gasteiger partial charge in [0.25, 0.3) is 0 Å². The Balaban J connectivity index is 3.50. The molecule has 0 aromatic carbocycles. The number of ether oxygens (including phenoxy) is 2. The van der Waals surface area contributed by atoms with Gasteiger partial charge in [0.1, 0.15) is 18.8 Å². The van der Waals surface area contributed by atoms with Gasteiger partial charge in [0.2, 0.25) is 0 Å². The first-order valence-electron chi connectivity index (χ1n) is 3.74. The molecule has 0 saturated carbocycles. The van der Waals surface area contributed by atoms with E-state index in [1.165, 1.54) is 14.0 Å². The van der Waals surface area contributed by atoms with Gasteiger partial charge in [-0.1, -0.05) is 0 Å². The third kappa shape index (κ3) is 5.85. The summed E-state index contributed by atoms with van der Waals surface area (Å²) in [4.78, 5) is 21.2. The predicted molar refractivity (Wildman–Crippen MR) is 42.7 cm³/mol. The van der Waals surface area contributed by atoms with Crippen LogP contribution in [0.5, 0.6) is 0 Å². The maximum Gasteiger partial charge on any atom is 0.313 e. The van der Waals surface area contributed by atoms with Gasteiger partial charge in [-0.3, -0.25) is 9.59 Å². The smallest absolute Gasteiger partial charge is 0.313 e. The molecule has 1 unspecified atom stereocenters. The molecule has 0 bridgehead atoms. The molecular formula is C8H14O4. The summed E-state index contributed by atoms with van der Waals surface area (Å²) in [6.07, 6.45) is -0.280. The van der Waals surface area contributed by atoms with Gasteiger partial charge in [-0.25, -0.2) is 0 Å². The zero-order valence-electron chi connectivity index (χ0n) is 7.62. The van der Waals surface area contributed by atoms with E-state index in [0.717, 1.165) is 0 Å². The molecule has 0 heterocycles. The average molecular weight is 174 g/mol. The normalized spacial score (nSPS) is 12.2. The highest BCUT2D eigenvalue weighted by Gasteiger charge is 2.08. The Hall–Kier alpha value is -0.900. The SMILES string of the molecule is COC(C)COC(=O)CC(C)=O. The van der Waals surface area contributed by atoms with Crippen LogP contribution >= 0.6 is 0 Å². The lowest BCUT2D eigenvalue weighted by atomic mass is 10.3. The lowest BCUT2D eigenvalue weighted by molar-refractivity contribution is -0.148. The molecule has 0 radical (unpaired) electrons. The second kappa shape index (κ2) is 5.71. The fraction of sp³-hybridized carbons (Fsp3) is 0.750. The van der Waals surface area contributed by atoms with Crippen LogP contribution in [0.4, 0.5) is 0 Å². The van der Waals surface area contributed by atoms with Crippen molar-refractivity contribution in [3.05, 3.63) is 0 Å². The van der Waals surface area contributed by atoms with Crippen LogP contribution in [-0.4, -0.2) is 31.6 Å². The van der Waals surface area contributed by atoms with Gasteiger partial charge in [-0.05, 0) is 13.8 Å². The van der Waals surface area contributed by atoms with Gasteiger partial charge >= 0.3 is 5.97 Å². The van der Waals surface area contributed by atoms with Crippen LogP contribution < -0.4 is 0 Å². The van der Waals surface area contributed by atoms with Crippen molar-refractivity contribution in [3.63, 3.8) is 0 Å². The van der Waals surface area contributed by atoms with Gasteiger partial charge in [-0.2, -0.15) is 0 Å². The number of rotatable bonds is 5. The summed E-state index contributed by atoms with van der Waals surface area (Å²) in [5, 5.41) is 0. The summed E-state index contributed by atoms with van der Waals surface area (Å²) in [5.41, 5.74) is 0. The van der Waals surface area contributed by atoms with Crippen molar-refractivity contribution in [2.75, 3.05) is 13.7 Å². The van der Waals surface area contributed by atoms with Crippen molar-refractivity contribution in [2.24, 2.45) is 0 Å². The van der Waals surface area contributed by atoms with Crippen LogP contribution in [0.15, 0.2) is 0 Å². The third-order valence-electron chi connectivity index (χ3n) is 1.27. The van der Waals surface area contributed by atoms with Crippen molar-refractivity contribution < 1.29 is 19.1 Å². The van der Waals surface area contributed by atoms with E-state index in [2.05, 4.69) is 0 Å². The highest BCUT2D eigenvalue weighted by molar-refractivity contribution is 5.94. The second-order valence-electron chi connectivity index (χ2n) is 2.61. The third-order valence-corrected chi connectivity index (χ3v) is 1.27. The molecule has 0 aliphatic heterocycles. The summed E-state index contributed by atoms with van der Waals surface area (Å²) < 4.78 is 9.56. The second-order valence-corrected chi connectivity index (χ2v) is 2.61. The molecule has 0 N–H and O–H groups in total. The molecule has 0 aliphatic rings. The Bertz CT molecular complexity index is 164. The summed E-state index contributed by atoms with van der Waals surface area (Å²) in [5.74, 6) is -0.684. The van der Waals surface area contributed by atoms with Gasteiger partial charge in [0, 0.05) is 7.11 Å². The van der Waals surface area contributed by atoms with Crippen molar-refractivity contribution in [1.82, 2.24) is 0 Å². The number of carbonyl (C=O) groups excluding carboxylic acids is 2. The largest absolute Gasteiger partial charge is 0.463 e. The topological polar surface area (TPSA) is 52.6 Å². The lowest BCUT2D eigenvalue weighted by Gasteiger charge is -2.08. The van der Waals surface area contributed by atoms with Crippen molar-refractivity contribution in [2.45, 2.75) is 26.4 Å². The van der Waals surface area contributed by atoms with Crippen LogP contribution in [-0.2, 0) is 19.1 Å². The van der Waals surface area contributed by atoms with Crippen LogP contribution in [0.3, 0.4) is 0 Å². The first-order chi connectivity index (χ1) is 5.56. The minimum absolute atomic E-state index is 0.124. The molecule has 0 aliphatic carbocycles. The Morgan fingerprint density at radius 2 is 2.00 bits per heavy atom. The molecule has 0 spiro atoms. The molecule has 70 valence electrons. The molecule has 0 saturated heterocycles. The maximum absolute atomic E-state index is 10.8. The predicted octanol–water partition coefficient (Wildman–Crippen LogP) is 0.544. The van der Waals surface area contributed by atoms with E-state index in [0.29, 0.717) is 0 Å². The molecule has 12 heavy (non-hydrogen) atoms. The highest BCUT2D eigenvalue weighted by Crippen LogP contribution is 1.92. The molecule has 4 nitrogen and oxygen atoms in total. The lowest BCUT2D eigenvalue weighted by Crippen LogP contribution is -2.18. The zero-order chi connectivity index (χ0) is 9.56. The highest BCUT2D eigenvalue weighted by atomic mass is 16.6. The molecule has 0 aromatic rings. The average Bonchev–Trinajstić information content (AvgIpc) is 1.99. The Kier molecular flexibility index (Phi) is 5.28. The number of methoxy groups -OCH3 is 1. The monoisotopic (exact) mass is 174 g/mol. The first kappa shape index (κ1) is 11.1. The van der Waals surface area contributed by atoms with E-state index >= 15 is 0 Å². The Morgan fingerprint density at radius 1 is 1.42 bits per heavy atom. The number of hydrogen-bond acceptors (Lipinski definition) is 4. The number of ketones is 1. The van der Waals surface area contributed by atoms with Gasteiger partial charge in [0.15, 0.2) is 0 Å². The van der Waals surface area contributed by atoms with Crippen molar-refractivity contribution in [3.8, 4) is 0 Å². The first-order valence-corrected chi connectivity index (χ1v) is 3.74. The number of carbonyl (C=O) groups is 2. The maximum atomic E-state index is 10.8. The number of hydrogen-bond donors (Lipinski definition) is 0. The minimum atomic E-state index is -0.494. The van der Waals surface area contributed by atoms with Gasteiger partial charge < -0.3 is 9.47 Å². The standard InChI is InChI=1S/C8H14O4/c1-6(9)4-8(10)12-5-7(2)11-3/h7H,4-5H2,1-3H3. The number of Topliss-reactive ketones (excluding diaryl/α,β-unsaturated/α-hetero) is 1. The Labute approximate surface area is 71.8 Å². The summed E-state index contributed by atoms with van der Waals surface area (Å²) in [7, 11) is 1.53. The molecule has 0 rings (SSSR count). The quantitative estimate of drug-likeness (QED) is 0.451. The molecule has 0 aromatic heterocycles. The van der Waals surface area contributed by atoms with E-state index < -0.39 is 5.97 Å². The molecule has 4 heteroatoms. The molecular weight excluding hydrogens is 160 g/mol. The fourth-order valence-electron chi connectivity index (χ4n) is 0.533. The van der Waals surface area contributed by atoms with Crippen molar-refractivity contribution >= 4 is 11.8 Å². The zero-order valence-corrected chi connectivity index (χ0v) is 7.62. The van der Waals surface area contributed by atoms with Gasteiger partial charge in [-0.15, -0.1) is 0 Å². The van der Waals surface area contributed by atoms with Gasteiger partial charge in [0.05, 0.1) is 6.10 Å². The minimum Gasteiger partial charge on any atom is -0.463 e. The van der Waals surface area contributed by atoms with E-state index in [-0.39, 0.29) is 24.9 Å². The van der Waals surface area contributed by atoms with Crippen LogP contribution in [0, 0.1) is 0 Å². The molecule has 1 atom stereocenters. The molecule has 0 fully saturated rings. The van der Waals surface area contributed by atoms with Crippen LogP contribution in [0.1, 0.15) is 20.3 Å². The van der Waals surface area contributed by atoms with E-state index in [1.807, 2.05) is 0 Å². The van der Waals surface area contributed by atoms with E-state index in [9.17, 15) is 9.59 Å². The van der Waals surface area contributed by atoms with Crippen molar-refractivity contribution in [1.29, 1.82) is 0 Å². The van der Waals surface area contributed by atoms with E-state index in [4.69, 9.17) is 9.47 Å². The van der Waals surface area contributed by atoms with E-state index in [1.54, 1.807) is 6.92 Å². The molecule has 0 amide bonds. The van der Waals surface area contributed by atoms with Crippen LogP contribution in [0.2, 0.25) is 0 Å². The number of esters is 1. The summed E-state index contributed by atoms with van der Waals surface area (Å²) >= 11 is 0. The summed E-state index contributed by atoms with van der Waals surface area (Å²) in [6, 6.07) is 0. The fourth-order valence-corrected chi connectivity index (χ4v) is 0.533. The summed E-state index contributed by atoms with van der Waals surface area (Å²) in [6.45, 7) is 3.32. The Morgan fingerprint density at radius 3 is 2.42 bits per heavy atom. The van der Waals surface area contributed by atoms with Crippen LogP contribution in [0.25, 0.3) is 0 Å².